The molecule has 8 heteroatoms. The highest BCUT2D eigenvalue weighted by Gasteiger charge is 2.30. The minimum atomic E-state index is -3.68. The number of aromatic nitrogens is 1. The molecule has 1 aromatic carbocycles. The van der Waals surface area contributed by atoms with E-state index >= 15 is 0 Å². The zero-order chi connectivity index (χ0) is 18.1. The van der Waals surface area contributed by atoms with Gasteiger partial charge in [0, 0.05) is 24.7 Å². The molecule has 3 heterocycles. The molecule has 0 spiro atoms. The third-order valence-electron chi connectivity index (χ3n) is 4.35. The van der Waals surface area contributed by atoms with Gasteiger partial charge in [-0.3, -0.25) is 9.78 Å². The van der Waals surface area contributed by atoms with Crippen LogP contribution in [0.3, 0.4) is 0 Å². The van der Waals surface area contributed by atoms with Crippen molar-refractivity contribution < 1.29 is 17.6 Å². The number of nitrogens with one attached hydrogen (secondary N) is 1. The van der Waals surface area contributed by atoms with Gasteiger partial charge in [0.2, 0.25) is 5.09 Å². The minimum Gasteiger partial charge on any atom is -0.438 e. The van der Waals surface area contributed by atoms with Crippen molar-refractivity contribution in [1.29, 1.82) is 0 Å². The lowest BCUT2D eigenvalue weighted by atomic mass is 10.2. The second-order valence-corrected chi connectivity index (χ2v) is 7.93. The molecule has 0 bridgehead atoms. The van der Waals surface area contributed by atoms with Crippen LogP contribution in [0.15, 0.2) is 58.2 Å². The van der Waals surface area contributed by atoms with Crippen molar-refractivity contribution in [2.45, 2.75) is 17.9 Å². The third kappa shape index (κ3) is 2.97. The number of fused-ring (bicyclic) bond motifs is 1. The van der Waals surface area contributed by atoms with Crippen LogP contribution in [0.25, 0.3) is 10.9 Å². The number of rotatable bonds is 4. The zero-order valence-electron chi connectivity index (χ0n) is 13.9. The van der Waals surface area contributed by atoms with Gasteiger partial charge in [-0.2, -0.15) is 4.31 Å². The molecule has 26 heavy (non-hydrogen) atoms. The molecule has 1 N–H and O–H groups in total. The molecule has 134 valence electrons. The summed E-state index contributed by atoms with van der Waals surface area (Å²) >= 11 is 0. The Kier molecular flexibility index (Phi) is 4.21. The summed E-state index contributed by atoms with van der Waals surface area (Å²) in [6.45, 7) is 0.957. The van der Waals surface area contributed by atoms with E-state index in [0.717, 1.165) is 18.2 Å². The quantitative estimate of drug-likeness (QED) is 0.761. The number of pyridine rings is 1. The lowest BCUT2D eigenvalue weighted by molar-refractivity contribution is 0.0991. The maximum Gasteiger partial charge on any atom is 0.291 e. The Hall–Kier alpha value is -2.71. The zero-order valence-corrected chi connectivity index (χ0v) is 14.7. The van der Waals surface area contributed by atoms with Gasteiger partial charge in [0.15, 0.2) is 5.76 Å². The number of furan rings is 1. The SMILES string of the molecule is O=C(Nc1cccc2cccnc12)c1ccc(S(=O)(=O)N2CCCC2)o1. The Morgan fingerprint density at radius 1 is 1.08 bits per heavy atom. The number of carbonyl (C=O) groups is 1. The molecule has 1 aliphatic rings. The topological polar surface area (TPSA) is 92.5 Å². The van der Waals surface area contributed by atoms with Gasteiger partial charge < -0.3 is 9.73 Å². The monoisotopic (exact) mass is 371 g/mol. The molecule has 0 radical (unpaired) electrons. The van der Waals surface area contributed by atoms with E-state index in [2.05, 4.69) is 10.3 Å². The standard InChI is InChI=1S/C18H17N3O4S/c22-18(20-14-7-3-5-13-6-4-10-19-17(13)14)15-8-9-16(25-15)26(23,24)21-11-1-2-12-21/h3-10H,1-2,11-12H2,(H,20,22). The first-order valence-corrected chi connectivity index (χ1v) is 9.75. The first kappa shape index (κ1) is 16.7. The van der Waals surface area contributed by atoms with E-state index in [1.165, 1.54) is 16.4 Å². The molecule has 7 nitrogen and oxygen atoms in total. The predicted octanol–water partition coefficient (Wildman–Crippen LogP) is 2.86. The van der Waals surface area contributed by atoms with E-state index in [1.54, 1.807) is 12.3 Å². The summed E-state index contributed by atoms with van der Waals surface area (Å²) in [4.78, 5) is 16.8. The van der Waals surface area contributed by atoms with E-state index in [0.29, 0.717) is 24.3 Å². The smallest absolute Gasteiger partial charge is 0.291 e. The molecular weight excluding hydrogens is 354 g/mol. The average molecular weight is 371 g/mol. The highest BCUT2D eigenvalue weighted by Crippen LogP contribution is 2.24. The second kappa shape index (κ2) is 6.54. The van der Waals surface area contributed by atoms with E-state index < -0.39 is 15.9 Å². The van der Waals surface area contributed by atoms with E-state index in [9.17, 15) is 13.2 Å². The molecule has 0 unspecified atom stereocenters. The van der Waals surface area contributed by atoms with Gasteiger partial charge in [-0.15, -0.1) is 0 Å². The van der Waals surface area contributed by atoms with Crippen molar-refractivity contribution in [3.63, 3.8) is 0 Å². The normalized spacial score (nSPS) is 15.4. The van der Waals surface area contributed by atoms with Gasteiger partial charge >= 0.3 is 0 Å². The number of amides is 1. The van der Waals surface area contributed by atoms with Crippen molar-refractivity contribution in [2.75, 3.05) is 18.4 Å². The van der Waals surface area contributed by atoms with Crippen LogP contribution in [0.1, 0.15) is 23.4 Å². The van der Waals surface area contributed by atoms with Gasteiger partial charge in [-0.25, -0.2) is 8.42 Å². The number of carbonyl (C=O) groups excluding carboxylic acids is 1. The lowest BCUT2D eigenvalue weighted by Crippen LogP contribution is -2.27. The molecule has 1 saturated heterocycles. The Morgan fingerprint density at radius 3 is 2.65 bits per heavy atom. The summed E-state index contributed by atoms with van der Waals surface area (Å²) in [7, 11) is -3.68. The van der Waals surface area contributed by atoms with E-state index in [1.807, 2.05) is 24.3 Å². The fraction of sp³-hybridized carbons (Fsp3) is 0.222. The van der Waals surface area contributed by atoms with Crippen molar-refractivity contribution in [3.8, 4) is 0 Å². The summed E-state index contributed by atoms with van der Waals surface area (Å²) in [6, 6.07) is 11.8. The Morgan fingerprint density at radius 2 is 1.85 bits per heavy atom. The molecular formula is C18H17N3O4S. The third-order valence-corrected chi connectivity index (χ3v) is 6.12. The second-order valence-electron chi connectivity index (χ2n) is 6.06. The predicted molar refractivity (Wildman–Crippen MR) is 96.4 cm³/mol. The van der Waals surface area contributed by atoms with Crippen molar-refractivity contribution in [1.82, 2.24) is 9.29 Å². The van der Waals surface area contributed by atoms with Crippen LogP contribution >= 0.6 is 0 Å². The van der Waals surface area contributed by atoms with E-state index in [4.69, 9.17) is 4.42 Å². The molecule has 0 saturated carbocycles. The van der Waals surface area contributed by atoms with Crippen molar-refractivity contribution in [2.24, 2.45) is 0 Å². The van der Waals surface area contributed by atoms with Gasteiger partial charge in [-0.05, 0) is 37.1 Å². The number of hydrogen-bond donors (Lipinski definition) is 1. The van der Waals surface area contributed by atoms with Crippen LogP contribution in [0.5, 0.6) is 0 Å². The first-order chi connectivity index (χ1) is 12.6. The van der Waals surface area contributed by atoms with E-state index in [-0.39, 0.29) is 10.9 Å². The molecule has 0 atom stereocenters. The van der Waals surface area contributed by atoms with Crippen LogP contribution < -0.4 is 5.32 Å². The number of sulfonamides is 1. The fourth-order valence-electron chi connectivity index (χ4n) is 3.03. The molecule has 3 aromatic rings. The summed E-state index contributed by atoms with van der Waals surface area (Å²) in [5.74, 6) is -0.582. The van der Waals surface area contributed by atoms with Crippen LogP contribution in [-0.4, -0.2) is 36.7 Å². The van der Waals surface area contributed by atoms with Crippen molar-refractivity contribution in [3.05, 3.63) is 54.4 Å². The Balaban J connectivity index is 1.59. The van der Waals surface area contributed by atoms with Crippen molar-refractivity contribution >= 4 is 32.5 Å². The van der Waals surface area contributed by atoms with Gasteiger partial charge in [0.1, 0.15) is 0 Å². The summed E-state index contributed by atoms with van der Waals surface area (Å²) < 4.78 is 31.7. The summed E-state index contributed by atoms with van der Waals surface area (Å²) in [5, 5.41) is 3.41. The Labute approximate surface area is 150 Å². The first-order valence-electron chi connectivity index (χ1n) is 8.31. The highest BCUT2D eigenvalue weighted by atomic mass is 32.2. The van der Waals surface area contributed by atoms with Crippen LogP contribution in [0.4, 0.5) is 5.69 Å². The fourth-order valence-corrected chi connectivity index (χ4v) is 4.45. The van der Waals surface area contributed by atoms with Crippen LogP contribution in [0.2, 0.25) is 0 Å². The number of benzene rings is 1. The summed E-state index contributed by atoms with van der Waals surface area (Å²) in [5.41, 5.74) is 1.19. The highest BCUT2D eigenvalue weighted by molar-refractivity contribution is 7.89. The maximum atomic E-state index is 12.5. The summed E-state index contributed by atoms with van der Waals surface area (Å²) in [6.07, 6.45) is 3.31. The van der Waals surface area contributed by atoms with Gasteiger partial charge in [0.25, 0.3) is 15.9 Å². The number of hydrogen-bond acceptors (Lipinski definition) is 5. The maximum absolute atomic E-state index is 12.5. The van der Waals surface area contributed by atoms with Gasteiger partial charge in [0.05, 0.1) is 11.2 Å². The minimum absolute atomic E-state index is 0.0595. The molecule has 1 fully saturated rings. The number of para-hydroxylation sites is 1. The molecule has 2 aromatic heterocycles. The molecule has 1 amide bonds. The average Bonchev–Trinajstić information content (AvgIpc) is 3.34. The molecule has 0 aliphatic carbocycles. The number of nitrogens with zero attached hydrogens (tertiary/aromatic N) is 2. The largest absolute Gasteiger partial charge is 0.438 e. The molecule has 4 rings (SSSR count). The van der Waals surface area contributed by atoms with Crippen LogP contribution in [-0.2, 0) is 10.0 Å². The number of anilines is 1. The Bertz CT molecular complexity index is 1060. The van der Waals surface area contributed by atoms with Gasteiger partial charge in [-0.1, -0.05) is 18.2 Å². The molecule has 1 aliphatic heterocycles. The lowest BCUT2D eigenvalue weighted by Gasteiger charge is -2.12. The van der Waals surface area contributed by atoms with Crippen LogP contribution in [0, 0.1) is 0 Å².